The van der Waals surface area contributed by atoms with Gasteiger partial charge in [0.2, 0.25) is 12.1 Å². The molecule has 5 heteroatoms. The first-order valence-corrected chi connectivity index (χ1v) is 6.79. The molecule has 0 heterocycles. The molecule has 0 fully saturated rings. The Kier molecular flexibility index (Phi) is 5.65. The summed E-state index contributed by atoms with van der Waals surface area (Å²) < 4.78 is 22.0. The molecule has 0 radical (unpaired) electrons. The molecule has 0 N–H and O–H groups in total. The summed E-state index contributed by atoms with van der Waals surface area (Å²) in [4.78, 5) is 12.6. The summed E-state index contributed by atoms with van der Waals surface area (Å²) in [5.41, 5.74) is 1.08. The number of benzene rings is 1. The third kappa shape index (κ3) is 3.48. The van der Waals surface area contributed by atoms with E-state index in [1.54, 1.807) is 19.1 Å². The standard InChI is InChI=1S/C13H18O4S/c1-9-5-7-11(8-6-9)18(15)10(2)12(14)13(16-3)17-4/h5-8,10,13H,1-4H3/t10-,18?/m0/s1. The summed E-state index contributed by atoms with van der Waals surface area (Å²) in [6, 6.07) is 7.27. The Bertz CT molecular complexity index is 423. The average molecular weight is 270 g/mol. The summed E-state index contributed by atoms with van der Waals surface area (Å²) in [5, 5.41) is -0.669. The Morgan fingerprint density at radius 2 is 1.67 bits per heavy atom. The molecule has 0 aliphatic rings. The fraction of sp³-hybridized carbons (Fsp3) is 0.462. The Balaban J connectivity index is 2.83. The van der Waals surface area contributed by atoms with Crippen molar-refractivity contribution in [2.75, 3.05) is 14.2 Å². The second-order valence-electron chi connectivity index (χ2n) is 3.96. The van der Waals surface area contributed by atoms with Gasteiger partial charge in [0, 0.05) is 19.1 Å². The van der Waals surface area contributed by atoms with Crippen molar-refractivity contribution >= 4 is 16.6 Å². The Morgan fingerprint density at radius 3 is 2.11 bits per heavy atom. The van der Waals surface area contributed by atoms with Gasteiger partial charge in [-0.25, -0.2) is 0 Å². The molecule has 2 atom stereocenters. The predicted octanol–water partition coefficient (Wildman–Crippen LogP) is 1.68. The van der Waals surface area contributed by atoms with Gasteiger partial charge >= 0.3 is 0 Å². The molecule has 1 rings (SSSR count). The number of ether oxygens (including phenoxy) is 2. The summed E-state index contributed by atoms with van der Waals surface area (Å²) in [6.45, 7) is 3.57. The zero-order chi connectivity index (χ0) is 13.7. The first kappa shape index (κ1) is 15.0. The van der Waals surface area contributed by atoms with Crippen LogP contribution in [-0.4, -0.2) is 35.8 Å². The van der Waals surface area contributed by atoms with Crippen LogP contribution in [0.3, 0.4) is 0 Å². The summed E-state index contributed by atoms with van der Waals surface area (Å²) in [7, 11) is 1.37. The van der Waals surface area contributed by atoms with Crippen LogP contribution in [0.15, 0.2) is 29.2 Å². The smallest absolute Gasteiger partial charge is 0.218 e. The number of methoxy groups -OCH3 is 2. The number of rotatable bonds is 6. The highest BCUT2D eigenvalue weighted by Crippen LogP contribution is 2.15. The summed E-state index contributed by atoms with van der Waals surface area (Å²) in [5.74, 6) is -0.320. The number of hydrogen-bond donors (Lipinski definition) is 0. The molecule has 0 spiro atoms. The minimum Gasteiger partial charge on any atom is -0.349 e. The second-order valence-corrected chi connectivity index (χ2v) is 5.73. The second kappa shape index (κ2) is 6.78. The van der Waals surface area contributed by atoms with E-state index in [1.807, 2.05) is 19.1 Å². The molecule has 0 amide bonds. The Morgan fingerprint density at radius 1 is 1.17 bits per heavy atom. The predicted molar refractivity (Wildman–Crippen MR) is 69.9 cm³/mol. The highest BCUT2D eigenvalue weighted by molar-refractivity contribution is 7.86. The highest BCUT2D eigenvalue weighted by atomic mass is 32.2. The van der Waals surface area contributed by atoms with E-state index in [-0.39, 0.29) is 5.78 Å². The molecule has 0 saturated carbocycles. The number of aryl methyl sites for hydroxylation is 1. The minimum absolute atomic E-state index is 0.320. The van der Waals surface area contributed by atoms with Gasteiger partial charge in [-0.3, -0.25) is 9.00 Å². The number of hydrogen-bond acceptors (Lipinski definition) is 4. The lowest BCUT2D eigenvalue weighted by molar-refractivity contribution is -0.155. The Hall–Kier alpha value is -1.04. The van der Waals surface area contributed by atoms with Crippen LogP contribution in [0.2, 0.25) is 0 Å². The number of ketones is 1. The maximum Gasteiger partial charge on any atom is 0.218 e. The van der Waals surface area contributed by atoms with Crippen LogP contribution < -0.4 is 0 Å². The number of carbonyl (C=O) groups excluding carboxylic acids is 1. The van der Waals surface area contributed by atoms with E-state index in [9.17, 15) is 9.00 Å². The maximum atomic E-state index is 12.2. The monoisotopic (exact) mass is 270 g/mol. The SMILES string of the molecule is COC(OC)C(=O)[C@H](C)S(=O)c1ccc(C)cc1. The molecule has 18 heavy (non-hydrogen) atoms. The molecule has 4 nitrogen and oxygen atoms in total. The van der Waals surface area contributed by atoms with Crippen LogP contribution in [0, 0.1) is 6.92 Å². The lowest BCUT2D eigenvalue weighted by Crippen LogP contribution is -2.35. The molecule has 0 bridgehead atoms. The van der Waals surface area contributed by atoms with Gasteiger partial charge in [-0.15, -0.1) is 0 Å². The van der Waals surface area contributed by atoms with E-state index in [4.69, 9.17) is 9.47 Å². The molecule has 0 aliphatic heterocycles. The minimum atomic E-state index is -1.40. The van der Waals surface area contributed by atoms with Crippen molar-refractivity contribution in [1.82, 2.24) is 0 Å². The first-order valence-electron chi connectivity index (χ1n) is 5.57. The zero-order valence-electron chi connectivity index (χ0n) is 11.0. The molecular weight excluding hydrogens is 252 g/mol. The number of carbonyl (C=O) groups is 1. The van der Waals surface area contributed by atoms with Gasteiger partial charge in [0.15, 0.2) is 0 Å². The third-order valence-corrected chi connectivity index (χ3v) is 4.25. The molecule has 100 valence electrons. The third-order valence-electron chi connectivity index (χ3n) is 2.64. The molecule has 0 aromatic heterocycles. The first-order chi connectivity index (χ1) is 8.51. The van der Waals surface area contributed by atoms with Gasteiger partial charge in [0.1, 0.15) is 5.25 Å². The van der Waals surface area contributed by atoms with E-state index in [0.29, 0.717) is 4.90 Å². The molecule has 0 saturated heterocycles. The van der Waals surface area contributed by atoms with Crippen molar-refractivity contribution in [3.05, 3.63) is 29.8 Å². The lowest BCUT2D eigenvalue weighted by atomic mass is 10.2. The van der Waals surface area contributed by atoms with Gasteiger partial charge in [-0.2, -0.15) is 0 Å². The van der Waals surface area contributed by atoms with Crippen LogP contribution in [0.5, 0.6) is 0 Å². The molecular formula is C13H18O4S. The topological polar surface area (TPSA) is 52.6 Å². The van der Waals surface area contributed by atoms with Crippen LogP contribution in [-0.2, 0) is 25.1 Å². The van der Waals surface area contributed by atoms with Crippen LogP contribution in [0.1, 0.15) is 12.5 Å². The van der Waals surface area contributed by atoms with Gasteiger partial charge < -0.3 is 9.47 Å². The molecule has 0 aliphatic carbocycles. The zero-order valence-corrected chi connectivity index (χ0v) is 11.8. The van der Waals surface area contributed by atoms with Crippen LogP contribution in [0.4, 0.5) is 0 Å². The Labute approximate surface area is 110 Å². The lowest BCUT2D eigenvalue weighted by Gasteiger charge is -2.16. The molecule has 1 aromatic carbocycles. The quantitative estimate of drug-likeness (QED) is 0.738. The largest absolute Gasteiger partial charge is 0.349 e. The van der Waals surface area contributed by atoms with Gasteiger partial charge in [-0.1, -0.05) is 17.7 Å². The maximum absolute atomic E-state index is 12.2. The van der Waals surface area contributed by atoms with E-state index in [1.165, 1.54) is 14.2 Å². The van der Waals surface area contributed by atoms with Crippen molar-refractivity contribution in [3.63, 3.8) is 0 Å². The van der Waals surface area contributed by atoms with E-state index in [2.05, 4.69) is 0 Å². The van der Waals surface area contributed by atoms with E-state index < -0.39 is 22.3 Å². The summed E-state index contributed by atoms with van der Waals surface area (Å²) in [6.07, 6.45) is -0.964. The summed E-state index contributed by atoms with van der Waals surface area (Å²) >= 11 is 0. The van der Waals surface area contributed by atoms with E-state index in [0.717, 1.165) is 5.56 Å². The molecule has 1 aromatic rings. The van der Waals surface area contributed by atoms with Crippen molar-refractivity contribution < 1.29 is 18.5 Å². The fourth-order valence-corrected chi connectivity index (χ4v) is 2.64. The fourth-order valence-electron chi connectivity index (χ4n) is 1.50. The van der Waals surface area contributed by atoms with Crippen molar-refractivity contribution in [3.8, 4) is 0 Å². The number of Topliss-reactive ketones (excluding diaryl/α,β-unsaturated/α-hetero) is 1. The van der Waals surface area contributed by atoms with Crippen molar-refractivity contribution in [2.45, 2.75) is 30.3 Å². The van der Waals surface area contributed by atoms with Gasteiger partial charge in [-0.05, 0) is 26.0 Å². The molecule has 1 unspecified atom stereocenters. The highest BCUT2D eigenvalue weighted by Gasteiger charge is 2.28. The van der Waals surface area contributed by atoms with Gasteiger partial charge in [0.25, 0.3) is 0 Å². The normalized spacial score (nSPS) is 14.5. The van der Waals surface area contributed by atoms with Gasteiger partial charge in [0.05, 0.1) is 10.8 Å². The van der Waals surface area contributed by atoms with Crippen molar-refractivity contribution in [2.24, 2.45) is 0 Å². The average Bonchev–Trinajstić information content (AvgIpc) is 2.39. The van der Waals surface area contributed by atoms with Crippen LogP contribution >= 0.6 is 0 Å². The van der Waals surface area contributed by atoms with Crippen molar-refractivity contribution in [1.29, 1.82) is 0 Å². The van der Waals surface area contributed by atoms with Crippen LogP contribution in [0.25, 0.3) is 0 Å². The van der Waals surface area contributed by atoms with E-state index >= 15 is 0 Å².